The van der Waals surface area contributed by atoms with Gasteiger partial charge in [-0.25, -0.2) is 0 Å². The van der Waals surface area contributed by atoms with Gasteiger partial charge >= 0.3 is 0 Å². The van der Waals surface area contributed by atoms with Crippen LogP contribution in [-0.4, -0.2) is 16.3 Å². The molecule has 2 aromatic heterocycles. The van der Waals surface area contributed by atoms with E-state index in [1.54, 1.807) is 12.5 Å². The number of hydrogen-bond acceptors (Lipinski definition) is 3. The molecular formula is C11H14BrN3O. The molecule has 0 saturated heterocycles. The molecule has 0 fully saturated rings. The van der Waals surface area contributed by atoms with Crippen molar-refractivity contribution in [1.29, 1.82) is 0 Å². The molecule has 1 N–H and O–H groups in total. The second kappa shape index (κ2) is 5.32. The minimum absolute atomic E-state index is 0.664. The summed E-state index contributed by atoms with van der Waals surface area (Å²) in [6.07, 6.45) is 5.48. The Balaban J connectivity index is 1.97. The quantitative estimate of drug-likeness (QED) is 0.916. The molecule has 2 heterocycles. The van der Waals surface area contributed by atoms with E-state index in [-0.39, 0.29) is 0 Å². The molecular weight excluding hydrogens is 270 g/mol. The van der Waals surface area contributed by atoms with Crippen LogP contribution in [0.1, 0.15) is 18.2 Å². The highest BCUT2D eigenvalue weighted by atomic mass is 79.9. The van der Waals surface area contributed by atoms with E-state index in [0.29, 0.717) is 6.54 Å². The summed E-state index contributed by atoms with van der Waals surface area (Å²) in [7, 11) is 0. The van der Waals surface area contributed by atoms with E-state index in [1.165, 1.54) is 5.56 Å². The zero-order valence-corrected chi connectivity index (χ0v) is 10.7. The Morgan fingerprint density at radius 3 is 3.12 bits per heavy atom. The number of nitrogens with zero attached hydrogens (tertiary/aromatic N) is 2. The molecule has 0 amide bonds. The molecule has 0 spiro atoms. The average molecular weight is 284 g/mol. The van der Waals surface area contributed by atoms with Crippen molar-refractivity contribution in [2.75, 3.05) is 6.54 Å². The van der Waals surface area contributed by atoms with Crippen molar-refractivity contribution in [3.63, 3.8) is 0 Å². The summed E-state index contributed by atoms with van der Waals surface area (Å²) >= 11 is 3.36. The van der Waals surface area contributed by atoms with Gasteiger partial charge in [0.05, 0.1) is 23.5 Å². The van der Waals surface area contributed by atoms with Gasteiger partial charge in [-0.05, 0) is 28.5 Å². The topological polar surface area (TPSA) is 43.0 Å². The number of rotatable bonds is 5. The molecule has 0 unspecified atom stereocenters. The standard InChI is InChI=1S/C11H14BrN3O/c1-2-13-4-9-3-11(16-8-9)7-15-6-10(12)5-14-15/h3,5-6,8,13H,2,4,7H2,1H3. The zero-order valence-electron chi connectivity index (χ0n) is 9.11. The summed E-state index contributed by atoms with van der Waals surface area (Å²) in [4.78, 5) is 0. The third-order valence-corrected chi connectivity index (χ3v) is 2.62. The van der Waals surface area contributed by atoms with Gasteiger partial charge in [-0.3, -0.25) is 4.68 Å². The van der Waals surface area contributed by atoms with Gasteiger partial charge in [0.15, 0.2) is 0 Å². The summed E-state index contributed by atoms with van der Waals surface area (Å²) in [6, 6.07) is 2.05. The van der Waals surface area contributed by atoms with E-state index in [2.05, 4.69) is 39.3 Å². The van der Waals surface area contributed by atoms with Crippen molar-refractivity contribution in [3.8, 4) is 0 Å². The van der Waals surface area contributed by atoms with E-state index in [9.17, 15) is 0 Å². The number of hydrogen-bond donors (Lipinski definition) is 1. The van der Waals surface area contributed by atoms with Crippen LogP contribution in [0.3, 0.4) is 0 Å². The van der Waals surface area contributed by atoms with E-state index in [4.69, 9.17) is 4.42 Å². The van der Waals surface area contributed by atoms with Crippen LogP contribution in [0.4, 0.5) is 0 Å². The van der Waals surface area contributed by atoms with E-state index < -0.39 is 0 Å². The lowest BCUT2D eigenvalue weighted by atomic mass is 10.3. The Kier molecular flexibility index (Phi) is 3.79. The normalized spacial score (nSPS) is 10.9. The van der Waals surface area contributed by atoms with Crippen LogP contribution in [0, 0.1) is 0 Å². The lowest BCUT2D eigenvalue weighted by molar-refractivity contribution is 0.478. The molecule has 0 aliphatic carbocycles. The Bertz CT molecular complexity index is 450. The maximum atomic E-state index is 5.46. The SMILES string of the molecule is CCNCc1coc(Cn2cc(Br)cn2)c1. The highest BCUT2D eigenvalue weighted by Gasteiger charge is 2.03. The fraction of sp³-hybridized carbons (Fsp3) is 0.364. The number of nitrogens with one attached hydrogen (secondary N) is 1. The summed E-state index contributed by atoms with van der Waals surface area (Å²) < 4.78 is 8.27. The first-order valence-electron chi connectivity index (χ1n) is 5.23. The Morgan fingerprint density at radius 1 is 1.56 bits per heavy atom. The molecule has 0 aliphatic heterocycles. The zero-order chi connectivity index (χ0) is 11.4. The van der Waals surface area contributed by atoms with Crippen molar-refractivity contribution >= 4 is 15.9 Å². The van der Waals surface area contributed by atoms with Gasteiger partial charge in [-0.2, -0.15) is 5.10 Å². The molecule has 5 heteroatoms. The predicted molar refractivity (Wildman–Crippen MR) is 65.1 cm³/mol. The van der Waals surface area contributed by atoms with Gasteiger partial charge < -0.3 is 9.73 Å². The summed E-state index contributed by atoms with van der Waals surface area (Å²) in [6.45, 7) is 4.56. The van der Waals surface area contributed by atoms with Gasteiger partial charge in [0.2, 0.25) is 0 Å². The van der Waals surface area contributed by atoms with E-state index >= 15 is 0 Å². The van der Waals surface area contributed by atoms with Gasteiger partial charge in [-0.1, -0.05) is 6.92 Å². The molecule has 0 aliphatic rings. The second-order valence-corrected chi connectivity index (χ2v) is 4.47. The van der Waals surface area contributed by atoms with Crippen LogP contribution in [0.15, 0.2) is 33.6 Å². The first-order chi connectivity index (χ1) is 7.78. The highest BCUT2D eigenvalue weighted by Crippen LogP contribution is 2.11. The van der Waals surface area contributed by atoms with Gasteiger partial charge in [0.25, 0.3) is 0 Å². The van der Waals surface area contributed by atoms with Crippen molar-refractivity contribution in [3.05, 3.63) is 40.5 Å². The summed E-state index contributed by atoms with van der Waals surface area (Å²) in [5.41, 5.74) is 1.17. The molecule has 0 aromatic carbocycles. The fourth-order valence-corrected chi connectivity index (χ4v) is 1.78. The molecule has 16 heavy (non-hydrogen) atoms. The molecule has 0 radical (unpaired) electrons. The summed E-state index contributed by atoms with van der Waals surface area (Å²) in [5, 5.41) is 7.43. The molecule has 0 saturated carbocycles. The third-order valence-electron chi connectivity index (χ3n) is 2.21. The van der Waals surface area contributed by atoms with Crippen molar-refractivity contribution in [1.82, 2.24) is 15.1 Å². The summed E-state index contributed by atoms with van der Waals surface area (Å²) in [5.74, 6) is 0.920. The van der Waals surface area contributed by atoms with Crippen molar-refractivity contribution in [2.45, 2.75) is 20.0 Å². The molecule has 0 atom stereocenters. The monoisotopic (exact) mass is 283 g/mol. The van der Waals surface area contributed by atoms with Crippen molar-refractivity contribution in [2.24, 2.45) is 0 Å². The predicted octanol–water partition coefficient (Wildman–Crippen LogP) is 2.40. The van der Waals surface area contributed by atoms with Crippen LogP contribution in [0.5, 0.6) is 0 Å². The maximum absolute atomic E-state index is 5.46. The number of halogens is 1. The van der Waals surface area contributed by atoms with Gasteiger partial charge in [0.1, 0.15) is 5.76 Å². The Labute approximate surface area is 103 Å². The lowest BCUT2D eigenvalue weighted by Crippen LogP contribution is -2.10. The van der Waals surface area contributed by atoms with Gasteiger partial charge in [-0.15, -0.1) is 0 Å². The molecule has 0 bridgehead atoms. The van der Waals surface area contributed by atoms with Crippen LogP contribution in [0.2, 0.25) is 0 Å². The van der Waals surface area contributed by atoms with Crippen LogP contribution in [0.25, 0.3) is 0 Å². The van der Waals surface area contributed by atoms with E-state index in [0.717, 1.165) is 23.3 Å². The van der Waals surface area contributed by atoms with Crippen molar-refractivity contribution < 1.29 is 4.42 Å². The maximum Gasteiger partial charge on any atom is 0.125 e. The smallest absolute Gasteiger partial charge is 0.125 e. The first kappa shape index (κ1) is 11.4. The molecule has 2 aromatic rings. The molecule has 4 nitrogen and oxygen atoms in total. The highest BCUT2D eigenvalue weighted by molar-refractivity contribution is 9.10. The Morgan fingerprint density at radius 2 is 2.44 bits per heavy atom. The minimum Gasteiger partial charge on any atom is -0.467 e. The van der Waals surface area contributed by atoms with Crippen LogP contribution >= 0.6 is 15.9 Å². The first-order valence-corrected chi connectivity index (χ1v) is 6.02. The molecule has 2 rings (SSSR count). The second-order valence-electron chi connectivity index (χ2n) is 3.56. The number of aromatic nitrogens is 2. The van der Waals surface area contributed by atoms with Crippen LogP contribution in [-0.2, 0) is 13.1 Å². The van der Waals surface area contributed by atoms with E-state index in [1.807, 2.05) is 10.9 Å². The minimum atomic E-state index is 0.664. The number of furan rings is 1. The Hall–Kier alpha value is -1.07. The average Bonchev–Trinajstić information content (AvgIpc) is 2.86. The third kappa shape index (κ3) is 2.96. The van der Waals surface area contributed by atoms with Gasteiger partial charge in [0, 0.05) is 18.3 Å². The lowest BCUT2D eigenvalue weighted by Gasteiger charge is -1.96. The largest absolute Gasteiger partial charge is 0.467 e. The molecule has 86 valence electrons. The fourth-order valence-electron chi connectivity index (χ4n) is 1.46. The van der Waals surface area contributed by atoms with Crippen LogP contribution < -0.4 is 5.32 Å².